The molecular weight excluding hydrogens is 311 g/mol. The summed E-state index contributed by atoms with van der Waals surface area (Å²) in [5.74, 6) is 0.00892. The summed E-state index contributed by atoms with van der Waals surface area (Å²) in [6.45, 7) is 3.71. The highest BCUT2D eigenvalue weighted by Gasteiger charge is 2.19. The Morgan fingerprint density at radius 2 is 2.11 bits per heavy atom. The fraction of sp³-hybridized carbons (Fsp3) is 0.545. The first-order valence-electron chi connectivity index (χ1n) is 5.76. The molecule has 0 amide bonds. The molecule has 0 aliphatic carbocycles. The molecule has 2 unspecified atom stereocenters. The molecule has 2 atom stereocenters. The van der Waals surface area contributed by atoms with Crippen molar-refractivity contribution in [2.45, 2.75) is 31.3 Å². The van der Waals surface area contributed by atoms with E-state index in [1.165, 1.54) is 6.07 Å². The molecule has 0 spiro atoms. The molecule has 1 rings (SSSR count). The lowest BCUT2D eigenvalue weighted by Gasteiger charge is -2.17. The number of aliphatic hydroxyl groups excluding tert-OH is 1. The number of halogens is 2. The first-order valence-corrected chi connectivity index (χ1v) is 8.00. The van der Waals surface area contributed by atoms with E-state index in [1.54, 1.807) is 0 Å². The van der Waals surface area contributed by atoms with Crippen LogP contribution in [0.4, 0.5) is 0 Å². The third-order valence-corrected chi connectivity index (χ3v) is 4.94. The number of aliphatic hydroxyl groups is 1. The molecule has 2 N–H and O–H groups in total. The predicted molar refractivity (Wildman–Crippen MR) is 74.9 cm³/mol. The predicted octanol–water partition coefficient (Wildman–Crippen LogP) is 2.07. The van der Waals surface area contributed by atoms with E-state index in [0.717, 1.165) is 12.6 Å². The van der Waals surface area contributed by atoms with Crippen molar-refractivity contribution in [1.29, 1.82) is 0 Å². The molecule has 0 saturated heterocycles. The van der Waals surface area contributed by atoms with Gasteiger partial charge in [-0.15, -0.1) is 0 Å². The van der Waals surface area contributed by atoms with Crippen molar-refractivity contribution < 1.29 is 13.5 Å². The molecule has 0 bridgehead atoms. The van der Waals surface area contributed by atoms with Gasteiger partial charge in [0.2, 0.25) is 10.0 Å². The summed E-state index contributed by atoms with van der Waals surface area (Å²) >= 11 is 11.3. The first-order chi connectivity index (χ1) is 8.77. The Kier molecular flexibility index (Phi) is 6.01. The SMILES string of the molecule is CCC(C)C(O)CNS(=O)(=O)c1cnc(Cl)c(Cl)c1. The van der Waals surface area contributed by atoms with Crippen LogP contribution in [0.1, 0.15) is 20.3 Å². The maximum atomic E-state index is 11.9. The number of rotatable bonds is 6. The van der Waals surface area contributed by atoms with Crippen LogP contribution >= 0.6 is 23.2 Å². The zero-order chi connectivity index (χ0) is 14.6. The highest BCUT2D eigenvalue weighted by Crippen LogP contribution is 2.22. The normalized spacial score (nSPS) is 15.2. The van der Waals surface area contributed by atoms with Crippen LogP contribution in [0.25, 0.3) is 0 Å². The molecule has 19 heavy (non-hydrogen) atoms. The van der Waals surface area contributed by atoms with Gasteiger partial charge in [-0.1, -0.05) is 43.5 Å². The second-order valence-corrected chi connectivity index (χ2v) is 6.78. The maximum Gasteiger partial charge on any atom is 0.242 e. The van der Waals surface area contributed by atoms with Gasteiger partial charge in [0.1, 0.15) is 10.0 Å². The highest BCUT2D eigenvalue weighted by molar-refractivity contribution is 7.89. The molecular formula is C11H16Cl2N2O3S. The number of pyridine rings is 1. The molecule has 5 nitrogen and oxygen atoms in total. The Morgan fingerprint density at radius 3 is 2.63 bits per heavy atom. The molecule has 0 aromatic carbocycles. The van der Waals surface area contributed by atoms with E-state index in [2.05, 4.69) is 9.71 Å². The van der Waals surface area contributed by atoms with Crippen molar-refractivity contribution in [2.75, 3.05) is 6.54 Å². The summed E-state index contributed by atoms with van der Waals surface area (Å²) in [6, 6.07) is 1.22. The summed E-state index contributed by atoms with van der Waals surface area (Å²) in [5, 5.41) is 9.84. The summed E-state index contributed by atoms with van der Waals surface area (Å²) < 4.78 is 26.2. The second-order valence-electron chi connectivity index (χ2n) is 4.25. The van der Waals surface area contributed by atoms with Crippen molar-refractivity contribution in [3.05, 3.63) is 22.4 Å². The summed E-state index contributed by atoms with van der Waals surface area (Å²) in [6.07, 6.45) is 1.14. The average Bonchev–Trinajstić information content (AvgIpc) is 2.38. The molecule has 0 aliphatic rings. The Labute approximate surface area is 123 Å². The third-order valence-electron chi connectivity index (χ3n) is 2.86. The molecule has 1 aromatic heterocycles. The van der Waals surface area contributed by atoms with Crippen molar-refractivity contribution in [2.24, 2.45) is 5.92 Å². The van der Waals surface area contributed by atoms with Gasteiger partial charge in [0, 0.05) is 12.7 Å². The highest BCUT2D eigenvalue weighted by atomic mass is 35.5. The third kappa shape index (κ3) is 4.57. The van der Waals surface area contributed by atoms with Gasteiger partial charge in [-0.25, -0.2) is 18.1 Å². The van der Waals surface area contributed by atoms with Crippen LogP contribution in [0.5, 0.6) is 0 Å². The van der Waals surface area contributed by atoms with E-state index < -0.39 is 16.1 Å². The summed E-state index contributed by atoms with van der Waals surface area (Å²) in [7, 11) is -3.75. The van der Waals surface area contributed by atoms with Gasteiger partial charge in [-0.05, 0) is 12.0 Å². The van der Waals surface area contributed by atoms with E-state index in [-0.39, 0.29) is 27.5 Å². The molecule has 108 valence electrons. The van der Waals surface area contributed by atoms with Gasteiger partial charge in [-0.2, -0.15) is 0 Å². The molecule has 1 aromatic rings. The minimum Gasteiger partial charge on any atom is -0.391 e. The molecule has 0 fully saturated rings. The van der Waals surface area contributed by atoms with Crippen LogP contribution in [0.3, 0.4) is 0 Å². The van der Waals surface area contributed by atoms with E-state index in [9.17, 15) is 13.5 Å². The smallest absolute Gasteiger partial charge is 0.242 e. The van der Waals surface area contributed by atoms with Crippen LogP contribution in [0.2, 0.25) is 10.2 Å². The minimum absolute atomic E-state index is 0.00892. The fourth-order valence-corrected chi connectivity index (χ4v) is 2.66. The minimum atomic E-state index is -3.75. The van der Waals surface area contributed by atoms with Crippen molar-refractivity contribution in [3.8, 4) is 0 Å². The lowest BCUT2D eigenvalue weighted by Crippen LogP contribution is -2.35. The zero-order valence-electron chi connectivity index (χ0n) is 10.6. The largest absolute Gasteiger partial charge is 0.391 e. The van der Waals surface area contributed by atoms with E-state index in [4.69, 9.17) is 23.2 Å². The van der Waals surface area contributed by atoms with Crippen molar-refractivity contribution >= 4 is 33.2 Å². The lowest BCUT2D eigenvalue weighted by atomic mass is 10.0. The fourth-order valence-electron chi connectivity index (χ4n) is 1.30. The first kappa shape index (κ1) is 16.7. The number of hydrogen-bond donors (Lipinski definition) is 2. The average molecular weight is 327 g/mol. The quantitative estimate of drug-likeness (QED) is 0.784. The summed E-state index contributed by atoms with van der Waals surface area (Å²) in [5.41, 5.74) is 0. The Hall–Kier alpha value is -0.400. The van der Waals surface area contributed by atoms with Crippen LogP contribution in [-0.2, 0) is 10.0 Å². The summed E-state index contributed by atoms with van der Waals surface area (Å²) in [4.78, 5) is 3.59. The topological polar surface area (TPSA) is 79.3 Å². The van der Waals surface area contributed by atoms with Gasteiger partial charge in [-0.3, -0.25) is 0 Å². The number of sulfonamides is 1. The standard InChI is InChI=1S/C11H16Cl2N2O3S/c1-3-7(2)10(16)6-15-19(17,18)8-4-9(12)11(13)14-5-8/h4-5,7,10,15-16H,3,6H2,1-2H3. The van der Waals surface area contributed by atoms with Crippen molar-refractivity contribution in [1.82, 2.24) is 9.71 Å². The van der Waals surface area contributed by atoms with E-state index >= 15 is 0 Å². The van der Waals surface area contributed by atoms with Crippen LogP contribution in [0.15, 0.2) is 17.2 Å². The monoisotopic (exact) mass is 326 g/mol. The van der Waals surface area contributed by atoms with Crippen LogP contribution in [0, 0.1) is 5.92 Å². The Bertz CT molecular complexity index is 537. The Morgan fingerprint density at radius 1 is 1.47 bits per heavy atom. The molecule has 0 aliphatic heterocycles. The van der Waals surface area contributed by atoms with E-state index in [0.29, 0.717) is 0 Å². The molecule has 8 heteroatoms. The van der Waals surface area contributed by atoms with Gasteiger partial charge >= 0.3 is 0 Å². The maximum absolute atomic E-state index is 11.9. The number of aromatic nitrogens is 1. The van der Waals surface area contributed by atoms with Crippen LogP contribution in [-0.4, -0.2) is 31.2 Å². The number of nitrogens with one attached hydrogen (secondary N) is 1. The van der Waals surface area contributed by atoms with E-state index in [1.807, 2.05) is 13.8 Å². The Balaban J connectivity index is 2.79. The van der Waals surface area contributed by atoms with Crippen LogP contribution < -0.4 is 4.72 Å². The lowest BCUT2D eigenvalue weighted by molar-refractivity contribution is 0.118. The molecule has 0 radical (unpaired) electrons. The molecule has 1 heterocycles. The van der Waals surface area contributed by atoms with Gasteiger partial charge in [0.05, 0.1) is 11.1 Å². The molecule has 0 saturated carbocycles. The number of nitrogens with zero attached hydrogens (tertiary/aromatic N) is 1. The number of hydrogen-bond acceptors (Lipinski definition) is 4. The van der Waals surface area contributed by atoms with Gasteiger partial charge in [0.15, 0.2) is 0 Å². The zero-order valence-corrected chi connectivity index (χ0v) is 12.9. The van der Waals surface area contributed by atoms with Crippen molar-refractivity contribution in [3.63, 3.8) is 0 Å². The van der Waals surface area contributed by atoms with Gasteiger partial charge < -0.3 is 5.11 Å². The second kappa shape index (κ2) is 6.85. The van der Waals surface area contributed by atoms with Gasteiger partial charge in [0.25, 0.3) is 0 Å².